The first-order valence-electron chi connectivity index (χ1n) is 17.2. The number of hydrogen-bond acceptors (Lipinski definition) is 8. The number of hydrogen-bond donors (Lipinski definition) is 10. The van der Waals surface area contributed by atoms with Crippen LogP contribution in [-0.2, 0) is 36.8 Å². The number of phenols is 1. The summed E-state index contributed by atoms with van der Waals surface area (Å²) in [6.07, 6.45) is 0.769. The number of nitrogens with zero attached hydrogens (tertiary/aromatic N) is 2. The van der Waals surface area contributed by atoms with E-state index in [0.717, 1.165) is 16.3 Å². The molecule has 3 aromatic rings. The molecule has 282 valence electrons. The summed E-state index contributed by atoms with van der Waals surface area (Å²) >= 11 is 0. The molecule has 3 aromatic carbocycles. The largest absolute Gasteiger partial charge is 0.508 e. The summed E-state index contributed by atoms with van der Waals surface area (Å²) in [4.78, 5) is 76.4. The summed E-state index contributed by atoms with van der Waals surface area (Å²) in [6, 6.07) is 14.7. The van der Waals surface area contributed by atoms with Crippen molar-refractivity contribution in [3.05, 3.63) is 77.9 Å². The molecular formula is C36H47N11O6. The van der Waals surface area contributed by atoms with Gasteiger partial charge in [0.2, 0.25) is 29.5 Å². The van der Waals surface area contributed by atoms with Gasteiger partial charge in [-0.1, -0.05) is 54.6 Å². The SMILES string of the molecule is NC(N)=NCCC[C@@H]1NC(=O)[C@H](Cc2ccc(O)cc2)NC(=O)CNC(=O)[C@H](Cc2ccc3ccccc3c2)NC(=O)[C@@H](CCCN=C(N)N)NC1=O. The second kappa shape index (κ2) is 19.3. The van der Waals surface area contributed by atoms with Crippen molar-refractivity contribution in [2.45, 2.75) is 62.7 Å². The second-order valence-electron chi connectivity index (χ2n) is 12.7. The summed E-state index contributed by atoms with van der Waals surface area (Å²) in [5, 5.41) is 25.1. The Bertz CT molecular complexity index is 1820. The molecule has 0 aromatic heterocycles. The lowest BCUT2D eigenvalue weighted by molar-refractivity contribution is -0.134. The van der Waals surface area contributed by atoms with Crippen LogP contribution < -0.4 is 49.5 Å². The highest BCUT2D eigenvalue weighted by atomic mass is 16.3. The van der Waals surface area contributed by atoms with Gasteiger partial charge in [0.25, 0.3) is 0 Å². The van der Waals surface area contributed by atoms with Crippen molar-refractivity contribution in [3.8, 4) is 5.75 Å². The van der Waals surface area contributed by atoms with Crippen molar-refractivity contribution in [2.24, 2.45) is 32.9 Å². The molecule has 14 N–H and O–H groups in total. The third-order valence-electron chi connectivity index (χ3n) is 8.49. The number of rotatable bonds is 12. The standard InChI is InChI=1S/C36H47N11O6/c37-35(38)41-15-3-7-26-32(51)45-27(8-4-16-42-36(39)40)33(52)47-28(19-22-9-12-23-5-1-2-6-24(23)17-22)31(50)43-20-30(49)44-29(34(53)46-26)18-21-10-13-25(48)14-11-21/h1-2,5-6,9-14,17,26-29,48H,3-4,7-8,15-16,18-20H2,(H,43,50)(H,44,49)(H,45,51)(H,46,53)(H,47,52)(H4,37,38,41)(H4,39,40,42)/t26-,27+,28-,29-/m0/s1. The van der Waals surface area contributed by atoms with Gasteiger partial charge < -0.3 is 54.6 Å². The minimum atomic E-state index is -1.19. The Balaban J connectivity index is 1.68. The van der Waals surface area contributed by atoms with E-state index in [0.29, 0.717) is 5.56 Å². The van der Waals surface area contributed by atoms with Crippen LogP contribution in [0.4, 0.5) is 0 Å². The summed E-state index contributed by atoms with van der Waals surface area (Å²) < 4.78 is 0. The van der Waals surface area contributed by atoms with Gasteiger partial charge in [-0.3, -0.25) is 34.0 Å². The number of fused-ring (bicyclic) bond motifs is 1. The fourth-order valence-corrected chi connectivity index (χ4v) is 5.79. The Morgan fingerprint density at radius 1 is 0.604 bits per heavy atom. The van der Waals surface area contributed by atoms with E-state index in [1.165, 1.54) is 12.1 Å². The predicted molar refractivity (Wildman–Crippen MR) is 200 cm³/mol. The maximum atomic E-state index is 13.9. The molecule has 1 saturated heterocycles. The molecule has 17 nitrogen and oxygen atoms in total. The zero-order valence-corrected chi connectivity index (χ0v) is 29.2. The summed E-state index contributed by atoms with van der Waals surface area (Å²) in [7, 11) is 0. The number of carbonyl (C=O) groups is 5. The van der Waals surface area contributed by atoms with E-state index in [1.54, 1.807) is 12.1 Å². The molecule has 1 aliphatic rings. The molecule has 0 spiro atoms. The number of nitrogens with two attached hydrogens (primary N) is 4. The molecule has 0 unspecified atom stereocenters. The van der Waals surface area contributed by atoms with Gasteiger partial charge in [-0.25, -0.2) is 0 Å². The van der Waals surface area contributed by atoms with Crippen molar-refractivity contribution in [1.82, 2.24) is 26.6 Å². The normalized spacial score (nSPS) is 20.0. The van der Waals surface area contributed by atoms with Crippen molar-refractivity contribution >= 4 is 52.2 Å². The highest BCUT2D eigenvalue weighted by Gasteiger charge is 2.32. The Morgan fingerprint density at radius 2 is 1.09 bits per heavy atom. The van der Waals surface area contributed by atoms with Crippen LogP contribution in [0.2, 0.25) is 0 Å². The van der Waals surface area contributed by atoms with Gasteiger partial charge in [0, 0.05) is 25.9 Å². The monoisotopic (exact) mass is 729 g/mol. The fraction of sp³-hybridized carbons (Fsp3) is 0.361. The average Bonchev–Trinajstić information content (AvgIpc) is 3.12. The maximum absolute atomic E-state index is 13.9. The number of aliphatic imine (C=N–C) groups is 2. The first-order valence-corrected chi connectivity index (χ1v) is 17.2. The molecule has 0 radical (unpaired) electrons. The molecule has 1 heterocycles. The number of nitrogens with one attached hydrogen (secondary N) is 5. The Morgan fingerprint density at radius 3 is 1.68 bits per heavy atom. The molecule has 1 aliphatic heterocycles. The first kappa shape index (κ1) is 39.4. The minimum Gasteiger partial charge on any atom is -0.508 e. The number of aromatic hydroxyl groups is 1. The molecule has 4 rings (SSSR count). The van der Waals surface area contributed by atoms with Gasteiger partial charge in [0.05, 0.1) is 6.54 Å². The van der Waals surface area contributed by atoms with Crippen molar-refractivity contribution in [2.75, 3.05) is 19.6 Å². The van der Waals surface area contributed by atoms with E-state index in [-0.39, 0.29) is 69.3 Å². The second-order valence-corrected chi connectivity index (χ2v) is 12.7. The van der Waals surface area contributed by atoms with Gasteiger partial charge in [0.15, 0.2) is 11.9 Å². The average molecular weight is 730 g/mol. The minimum absolute atomic E-state index is 0.00775. The van der Waals surface area contributed by atoms with Crippen molar-refractivity contribution in [3.63, 3.8) is 0 Å². The van der Waals surface area contributed by atoms with Crippen LogP contribution in [0.15, 0.2) is 76.7 Å². The van der Waals surface area contributed by atoms with Gasteiger partial charge in [-0.2, -0.15) is 0 Å². The molecule has 0 aliphatic carbocycles. The molecular weight excluding hydrogens is 682 g/mol. The van der Waals surface area contributed by atoms with E-state index < -0.39 is 60.2 Å². The van der Waals surface area contributed by atoms with Crippen LogP contribution in [-0.4, -0.2) is 90.4 Å². The topological polar surface area (TPSA) is 295 Å². The Hall–Kier alpha value is -6.39. The predicted octanol–water partition coefficient (Wildman–Crippen LogP) is -1.49. The molecule has 0 bridgehead atoms. The molecule has 1 fully saturated rings. The Kier molecular flexibility index (Phi) is 14.3. The molecule has 0 saturated carbocycles. The van der Waals surface area contributed by atoms with Crippen molar-refractivity contribution < 1.29 is 29.1 Å². The first-order chi connectivity index (χ1) is 25.4. The number of benzene rings is 3. The number of guanidine groups is 2. The molecule has 5 amide bonds. The van der Waals surface area contributed by atoms with Crippen LogP contribution in [0.25, 0.3) is 10.8 Å². The van der Waals surface area contributed by atoms with Crippen LogP contribution in [0.3, 0.4) is 0 Å². The summed E-state index contributed by atoms with van der Waals surface area (Å²) in [5.41, 5.74) is 23.2. The van der Waals surface area contributed by atoms with Crippen LogP contribution in [0.1, 0.15) is 36.8 Å². The zero-order chi connectivity index (χ0) is 38.3. The third kappa shape index (κ3) is 12.7. The van der Waals surface area contributed by atoms with Gasteiger partial charge in [-0.15, -0.1) is 0 Å². The number of phenolic OH excluding ortho intramolecular Hbond substituents is 1. The quantitative estimate of drug-likeness (QED) is 0.0585. The van der Waals surface area contributed by atoms with E-state index in [4.69, 9.17) is 22.9 Å². The lowest BCUT2D eigenvalue weighted by Crippen LogP contribution is -2.58. The van der Waals surface area contributed by atoms with E-state index >= 15 is 0 Å². The smallest absolute Gasteiger partial charge is 0.243 e. The highest BCUT2D eigenvalue weighted by Crippen LogP contribution is 2.17. The summed E-state index contributed by atoms with van der Waals surface area (Å²) in [5.74, 6) is -3.66. The zero-order valence-electron chi connectivity index (χ0n) is 29.2. The lowest BCUT2D eigenvalue weighted by atomic mass is 10.0. The van der Waals surface area contributed by atoms with E-state index in [1.807, 2.05) is 42.5 Å². The van der Waals surface area contributed by atoms with Crippen molar-refractivity contribution in [1.29, 1.82) is 0 Å². The molecule has 53 heavy (non-hydrogen) atoms. The van der Waals surface area contributed by atoms with Crippen LogP contribution in [0.5, 0.6) is 5.75 Å². The van der Waals surface area contributed by atoms with E-state index in [9.17, 15) is 29.1 Å². The third-order valence-corrected chi connectivity index (χ3v) is 8.49. The number of amides is 5. The number of carbonyl (C=O) groups excluding carboxylic acids is 5. The van der Waals surface area contributed by atoms with Gasteiger partial charge in [0.1, 0.15) is 29.9 Å². The maximum Gasteiger partial charge on any atom is 0.243 e. The highest BCUT2D eigenvalue weighted by molar-refractivity contribution is 5.97. The van der Waals surface area contributed by atoms with Gasteiger partial charge >= 0.3 is 0 Å². The van der Waals surface area contributed by atoms with Crippen LogP contribution >= 0.6 is 0 Å². The lowest BCUT2D eigenvalue weighted by Gasteiger charge is -2.26. The van der Waals surface area contributed by atoms with E-state index in [2.05, 4.69) is 36.6 Å². The van der Waals surface area contributed by atoms with Gasteiger partial charge in [-0.05, 0) is 59.7 Å². The molecule has 17 heteroatoms. The fourth-order valence-electron chi connectivity index (χ4n) is 5.79. The summed E-state index contributed by atoms with van der Waals surface area (Å²) in [6.45, 7) is -0.194. The molecule has 4 atom stereocenters. The Labute approximate surface area is 306 Å². The van der Waals surface area contributed by atoms with Crippen LogP contribution in [0, 0.1) is 0 Å².